The van der Waals surface area contributed by atoms with Crippen LogP contribution in [0, 0.1) is 0 Å². The van der Waals surface area contributed by atoms with Crippen molar-refractivity contribution in [2.75, 3.05) is 0 Å². The van der Waals surface area contributed by atoms with Crippen molar-refractivity contribution in [1.82, 2.24) is 19.9 Å². The van der Waals surface area contributed by atoms with E-state index < -0.39 is 0 Å². The molecule has 0 aliphatic rings. The molecule has 0 bridgehead atoms. The Balaban J connectivity index is 2.48. The summed E-state index contributed by atoms with van der Waals surface area (Å²) in [4.78, 5) is 16.9. The summed E-state index contributed by atoms with van der Waals surface area (Å²) < 4.78 is 0.919. The number of nitrogens with zero attached hydrogens (tertiary/aromatic N) is 4. The van der Waals surface area contributed by atoms with Crippen LogP contribution in [-0.4, -0.2) is 19.9 Å². The SMILES string of the molecule is CC(C)c1nc(-c2ncccn2)ncc1Br. The number of hydrogen-bond acceptors (Lipinski definition) is 4. The Morgan fingerprint density at radius 2 is 1.75 bits per heavy atom. The average Bonchev–Trinajstić information content (AvgIpc) is 2.30. The number of aromatic nitrogens is 4. The van der Waals surface area contributed by atoms with Gasteiger partial charge in [0.2, 0.25) is 0 Å². The van der Waals surface area contributed by atoms with E-state index in [1.165, 1.54) is 0 Å². The second-order valence-corrected chi connectivity index (χ2v) is 4.51. The van der Waals surface area contributed by atoms with E-state index in [-0.39, 0.29) is 0 Å². The maximum Gasteiger partial charge on any atom is 0.198 e. The molecule has 16 heavy (non-hydrogen) atoms. The van der Waals surface area contributed by atoms with Gasteiger partial charge in [0, 0.05) is 18.6 Å². The van der Waals surface area contributed by atoms with E-state index >= 15 is 0 Å². The summed E-state index contributed by atoms with van der Waals surface area (Å²) in [5.41, 5.74) is 0.970. The van der Waals surface area contributed by atoms with E-state index in [9.17, 15) is 0 Å². The van der Waals surface area contributed by atoms with Gasteiger partial charge in [-0.1, -0.05) is 13.8 Å². The van der Waals surface area contributed by atoms with Gasteiger partial charge in [-0.15, -0.1) is 0 Å². The van der Waals surface area contributed by atoms with Crippen LogP contribution in [0.5, 0.6) is 0 Å². The monoisotopic (exact) mass is 278 g/mol. The highest BCUT2D eigenvalue weighted by molar-refractivity contribution is 9.10. The van der Waals surface area contributed by atoms with Crippen LogP contribution in [0.15, 0.2) is 29.1 Å². The molecule has 5 heteroatoms. The van der Waals surface area contributed by atoms with Crippen molar-refractivity contribution in [3.8, 4) is 11.6 Å². The number of rotatable bonds is 2. The largest absolute Gasteiger partial charge is 0.234 e. The lowest BCUT2D eigenvalue weighted by atomic mass is 10.1. The topological polar surface area (TPSA) is 51.6 Å². The van der Waals surface area contributed by atoms with Crippen LogP contribution >= 0.6 is 15.9 Å². The minimum absolute atomic E-state index is 0.333. The fraction of sp³-hybridized carbons (Fsp3) is 0.273. The van der Waals surface area contributed by atoms with Crippen molar-refractivity contribution in [2.45, 2.75) is 19.8 Å². The molecule has 0 atom stereocenters. The Labute approximate surface area is 102 Å². The van der Waals surface area contributed by atoms with E-state index in [2.05, 4.69) is 49.7 Å². The van der Waals surface area contributed by atoms with Gasteiger partial charge in [0.25, 0.3) is 0 Å². The highest BCUT2D eigenvalue weighted by Gasteiger charge is 2.11. The smallest absolute Gasteiger partial charge is 0.198 e. The Morgan fingerprint density at radius 1 is 1.06 bits per heavy atom. The first-order valence-corrected chi connectivity index (χ1v) is 5.77. The third kappa shape index (κ3) is 2.24. The molecule has 82 valence electrons. The highest BCUT2D eigenvalue weighted by Crippen LogP contribution is 2.23. The van der Waals surface area contributed by atoms with Gasteiger partial charge in [-0.05, 0) is 27.9 Å². The van der Waals surface area contributed by atoms with Crippen molar-refractivity contribution >= 4 is 15.9 Å². The zero-order chi connectivity index (χ0) is 11.5. The maximum atomic E-state index is 4.46. The van der Waals surface area contributed by atoms with E-state index in [1.54, 1.807) is 24.7 Å². The summed E-state index contributed by atoms with van der Waals surface area (Å²) in [5, 5.41) is 0. The molecule has 0 aromatic carbocycles. The highest BCUT2D eigenvalue weighted by atomic mass is 79.9. The molecule has 0 saturated carbocycles. The standard InChI is InChI=1S/C11H11BrN4/c1-7(2)9-8(12)6-15-11(16-9)10-13-4-3-5-14-10/h3-7H,1-2H3. The summed E-state index contributed by atoms with van der Waals surface area (Å²) in [6.45, 7) is 4.17. The minimum atomic E-state index is 0.333. The van der Waals surface area contributed by atoms with Crippen molar-refractivity contribution in [3.63, 3.8) is 0 Å². The lowest BCUT2D eigenvalue weighted by Gasteiger charge is -2.07. The first-order chi connectivity index (χ1) is 7.68. The van der Waals surface area contributed by atoms with Gasteiger partial charge >= 0.3 is 0 Å². The van der Waals surface area contributed by atoms with E-state index in [4.69, 9.17) is 0 Å². The Hall–Kier alpha value is -1.36. The van der Waals surface area contributed by atoms with Gasteiger partial charge in [-0.3, -0.25) is 0 Å². The second kappa shape index (κ2) is 4.65. The first-order valence-electron chi connectivity index (χ1n) is 4.98. The molecule has 0 unspecified atom stereocenters. The zero-order valence-corrected chi connectivity index (χ0v) is 10.6. The normalized spacial score (nSPS) is 10.8. The lowest BCUT2D eigenvalue weighted by Crippen LogP contribution is -2.00. The molecule has 0 aliphatic heterocycles. The van der Waals surface area contributed by atoms with Gasteiger partial charge in [0.15, 0.2) is 11.6 Å². The summed E-state index contributed by atoms with van der Waals surface area (Å²) in [6, 6.07) is 1.77. The molecule has 0 fully saturated rings. The fourth-order valence-electron chi connectivity index (χ4n) is 1.31. The summed E-state index contributed by atoms with van der Waals surface area (Å²) in [6.07, 6.45) is 5.11. The second-order valence-electron chi connectivity index (χ2n) is 3.65. The molecule has 4 nitrogen and oxygen atoms in total. The molecule has 0 spiro atoms. The quantitative estimate of drug-likeness (QED) is 0.848. The third-order valence-corrected chi connectivity index (χ3v) is 2.69. The summed E-state index contributed by atoms with van der Waals surface area (Å²) in [5.74, 6) is 1.45. The van der Waals surface area contributed by atoms with Crippen LogP contribution in [0.4, 0.5) is 0 Å². The van der Waals surface area contributed by atoms with Crippen LogP contribution in [-0.2, 0) is 0 Å². The van der Waals surface area contributed by atoms with Crippen LogP contribution in [0.1, 0.15) is 25.5 Å². The van der Waals surface area contributed by atoms with Gasteiger partial charge < -0.3 is 0 Å². The molecular formula is C11H11BrN4. The zero-order valence-electron chi connectivity index (χ0n) is 9.05. The average molecular weight is 279 g/mol. The van der Waals surface area contributed by atoms with Crippen molar-refractivity contribution in [1.29, 1.82) is 0 Å². The summed E-state index contributed by atoms with van der Waals surface area (Å²) >= 11 is 3.44. The van der Waals surface area contributed by atoms with E-state index in [0.29, 0.717) is 17.6 Å². The van der Waals surface area contributed by atoms with Crippen LogP contribution < -0.4 is 0 Å². The van der Waals surface area contributed by atoms with Gasteiger partial charge in [-0.25, -0.2) is 19.9 Å². The van der Waals surface area contributed by atoms with Crippen molar-refractivity contribution in [3.05, 3.63) is 34.8 Å². The molecule has 0 N–H and O–H groups in total. The molecule has 0 aliphatic carbocycles. The lowest BCUT2D eigenvalue weighted by molar-refractivity contribution is 0.806. The number of halogens is 1. The van der Waals surface area contributed by atoms with Gasteiger partial charge in [-0.2, -0.15) is 0 Å². The minimum Gasteiger partial charge on any atom is -0.234 e. The van der Waals surface area contributed by atoms with E-state index in [0.717, 1.165) is 10.2 Å². The van der Waals surface area contributed by atoms with Crippen LogP contribution in [0.25, 0.3) is 11.6 Å². The molecule has 0 saturated heterocycles. The van der Waals surface area contributed by atoms with Gasteiger partial charge in [0.1, 0.15) is 0 Å². The Bertz CT molecular complexity index is 485. The predicted molar refractivity (Wildman–Crippen MR) is 64.8 cm³/mol. The molecule has 0 radical (unpaired) electrons. The third-order valence-electron chi connectivity index (χ3n) is 2.08. The Morgan fingerprint density at radius 3 is 2.38 bits per heavy atom. The molecule has 0 amide bonds. The van der Waals surface area contributed by atoms with Gasteiger partial charge in [0.05, 0.1) is 10.2 Å². The maximum absolute atomic E-state index is 4.46. The van der Waals surface area contributed by atoms with Crippen molar-refractivity contribution < 1.29 is 0 Å². The Kier molecular flexibility index (Phi) is 3.24. The van der Waals surface area contributed by atoms with E-state index in [1.807, 2.05) is 0 Å². The van der Waals surface area contributed by atoms with Crippen LogP contribution in [0.3, 0.4) is 0 Å². The first kappa shape index (κ1) is 11.1. The molecular weight excluding hydrogens is 268 g/mol. The molecule has 2 aromatic rings. The number of hydrogen-bond donors (Lipinski definition) is 0. The molecule has 2 rings (SSSR count). The molecule has 2 aromatic heterocycles. The fourth-order valence-corrected chi connectivity index (χ4v) is 1.96. The van der Waals surface area contributed by atoms with Crippen LogP contribution in [0.2, 0.25) is 0 Å². The molecule has 2 heterocycles. The summed E-state index contributed by atoms with van der Waals surface area (Å²) in [7, 11) is 0. The predicted octanol–water partition coefficient (Wildman–Crippen LogP) is 2.82. The van der Waals surface area contributed by atoms with Crippen molar-refractivity contribution in [2.24, 2.45) is 0 Å².